The van der Waals surface area contributed by atoms with Crippen molar-refractivity contribution in [3.63, 3.8) is 0 Å². The Hall–Kier alpha value is -1.61. The van der Waals surface area contributed by atoms with E-state index in [0.717, 1.165) is 22.1 Å². The van der Waals surface area contributed by atoms with Crippen LogP contribution in [0.1, 0.15) is 11.3 Å². The van der Waals surface area contributed by atoms with Crippen molar-refractivity contribution in [1.82, 2.24) is 0 Å². The summed E-state index contributed by atoms with van der Waals surface area (Å²) in [7, 11) is 0. The zero-order valence-corrected chi connectivity index (χ0v) is 10.7. The molecule has 1 aromatic heterocycles. The average Bonchev–Trinajstić information content (AvgIpc) is 2.83. The second-order valence-electron chi connectivity index (χ2n) is 3.57. The van der Waals surface area contributed by atoms with Gasteiger partial charge in [0.1, 0.15) is 12.0 Å². The molecule has 0 spiro atoms. The van der Waals surface area contributed by atoms with E-state index in [1.54, 1.807) is 6.26 Å². The van der Waals surface area contributed by atoms with Crippen LogP contribution in [0.15, 0.2) is 57.6 Å². The number of aldehydes is 1. The summed E-state index contributed by atoms with van der Waals surface area (Å²) in [6, 6.07) is 11.4. The van der Waals surface area contributed by atoms with Gasteiger partial charge in [-0.15, -0.1) is 0 Å². The fourth-order valence-corrected chi connectivity index (χ4v) is 1.94. The van der Waals surface area contributed by atoms with Crippen LogP contribution in [0.2, 0.25) is 0 Å². The van der Waals surface area contributed by atoms with E-state index in [9.17, 15) is 4.79 Å². The zero-order chi connectivity index (χ0) is 12.1. The van der Waals surface area contributed by atoms with Crippen LogP contribution in [0.3, 0.4) is 0 Å². The van der Waals surface area contributed by atoms with Crippen molar-refractivity contribution in [2.75, 3.05) is 0 Å². The molecule has 0 saturated heterocycles. The van der Waals surface area contributed by atoms with Gasteiger partial charge >= 0.3 is 0 Å². The normalized spacial score (nSPS) is 11.5. The molecule has 17 heavy (non-hydrogen) atoms. The maximum Gasteiger partial charge on any atom is 0.150 e. The summed E-state index contributed by atoms with van der Waals surface area (Å²) in [5.74, 6) is 0.847. The Kier molecular flexibility index (Phi) is 3.94. The monoisotopic (exact) mass is 290 g/mol. The number of allylic oxidation sites excluding steroid dienone is 2. The minimum Gasteiger partial charge on any atom is -0.469 e. The van der Waals surface area contributed by atoms with Crippen molar-refractivity contribution in [2.24, 2.45) is 0 Å². The van der Waals surface area contributed by atoms with Gasteiger partial charge in [0.25, 0.3) is 0 Å². The highest BCUT2D eigenvalue weighted by Crippen LogP contribution is 2.18. The maximum absolute atomic E-state index is 11.1. The topological polar surface area (TPSA) is 30.2 Å². The van der Waals surface area contributed by atoms with Crippen LogP contribution >= 0.6 is 15.9 Å². The molecule has 0 N–H and O–H groups in total. The fraction of sp³-hybridized carbons (Fsp3) is 0.0714. The van der Waals surface area contributed by atoms with Crippen LogP contribution in [-0.2, 0) is 11.2 Å². The molecule has 3 heteroatoms. The third-order valence-electron chi connectivity index (χ3n) is 2.39. The largest absolute Gasteiger partial charge is 0.469 e. The van der Waals surface area contributed by atoms with Crippen LogP contribution in [-0.4, -0.2) is 6.29 Å². The van der Waals surface area contributed by atoms with Crippen molar-refractivity contribution >= 4 is 27.8 Å². The number of halogens is 1. The Morgan fingerprint density at radius 2 is 2.18 bits per heavy atom. The minimum absolute atomic E-state index is 0.619. The van der Waals surface area contributed by atoms with Crippen molar-refractivity contribution in [3.05, 3.63) is 64.5 Å². The lowest BCUT2D eigenvalue weighted by Gasteiger charge is -2.00. The number of furan rings is 1. The summed E-state index contributed by atoms with van der Waals surface area (Å²) >= 11 is 3.39. The van der Waals surface area contributed by atoms with E-state index in [4.69, 9.17) is 4.42 Å². The van der Waals surface area contributed by atoms with E-state index >= 15 is 0 Å². The quantitative estimate of drug-likeness (QED) is 0.632. The molecule has 1 heterocycles. The Balaban J connectivity index is 2.21. The molecule has 0 fully saturated rings. The van der Waals surface area contributed by atoms with Crippen molar-refractivity contribution < 1.29 is 9.21 Å². The number of carbonyl (C=O) groups is 1. The van der Waals surface area contributed by atoms with Crippen molar-refractivity contribution in [1.29, 1.82) is 0 Å². The lowest BCUT2D eigenvalue weighted by molar-refractivity contribution is -0.103. The number of hydrogen-bond donors (Lipinski definition) is 0. The number of benzene rings is 1. The van der Waals surface area contributed by atoms with Gasteiger partial charge in [0.05, 0.1) is 6.26 Å². The fourth-order valence-electron chi connectivity index (χ4n) is 1.54. The summed E-state index contributed by atoms with van der Waals surface area (Å²) in [5, 5.41) is 0. The molecule has 2 nitrogen and oxygen atoms in total. The first-order valence-corrected chi connectivity index (χ1v) is 6.02. The number of carbonyl (C=O) groups excluding carboxylic acids is 1. The van der Waals surface area contributed by atoms with Gasteiger partial charge in [-0.25, -0.2) is 0 Å². The summed E-state index contributed by atoms with van der Waals surface area (Å²) in [5.41, 5.74) is 1.57. The summed E-state index contributed by atoms with van der Waals surface area (Å²) in [6.45, 7) is 0. The molecular formula is C14H11BrO2. The van der Waals surface area contributed by atoms with Gasteiger partial charge in [0.2, 0.25) is 0 Å². The lowest BCUT2D eigenvalue weighted by Crippen LogP contribution is -1.87. The van der Waals surface area contributed by atoms with Crippen molar-refractivity contribution in [3.8, 4) is 0 Å². The second-order valence-corrected chi connectivity index (χ2v) is 4.49. The minimum atomic E-state index is 0.619. The molecule has 2 rings (SSSR count). The molecule has 0 amide bonds. The molecule has 0 unspecified atom stereocenters. The van der Waals surface area contributed by atoms with E-state index < -0.39 is 0 Å². The van der Waals surface area contributed by atoms with Gasteiger partial charge in [0, 0.05) is 16.5 Å². The zero-order valence-electron chi connectivity index (χ0n) is 9.10. The highest BCUT2D eigenvalue weighted by molar-refractivity contribution is 9.10. The smallest absolute Gasteiger partial charge is 0.150 e. The third kappa shape index (κ3) is 3.17. The van der Waals surface area contributed by atoms with Crippen molar-refractivity contribution in [2.45, 2.75) is 6.42 Å². The SMILES string of the molecule is O=CC(=CCc1ccco1)c1cccc(Br)c1. The van der Waals surface area contributed by atoms with Gasteiger partial charge in [-0.3, -0.25) is 4.79 Å². The summed E-state index contributed by atoms with van der Waals surface area (Å²) in [4.78, 5) is 11.1. The predicted octanol–water partition coefficient (Wildman–Crippen LogP) is 3.87. The first-order chi connectivity index (χ1) is 8.29. The first kappa shape index (κ1) is 11.9. The molecule has 1 aromatic carbocycles. The van der Waals surface area contributed by atoms with E-state index in [1.165, 1.54) is 0 Å². The first-order valence-electron chi connectivity index (χ1n) is 5.23. The molecule has 0 aliphatic rings. The number of rotatable bonds is 4. The average molecular weight is 291 g/mol. The molecule has 0 bridgehead atoms. The number of hydrogen-bond acceptors (Lipinski definition) is 2. The maximum atomic E-state index is 11.1. The standard InChI is InChI=1S/C14H11BrO2/c15-13-4-1-3-11(9-13)12(10-16)6-7-14-5-2-8-17-14/h1-6,8-10H,7H2. The Labute approximate surface area is 108 Å². The van der Waals surface area contributed by atoms with Crippen LogP contribution in [0.25, 0.3) is 5.57 Å². The molecular weight excluding hydrogens is 280 g/mol. The van der Waals surface area contributed by atoms with Crippen LogP contribution in [0.5, 0.6) is 0 Å². The van der Waals surface area contributed by atoms with Gasteiger partial charge in [-0.2, -0.15) is 0 Å². The Morgan fingerprint density at radius 1 is 1.29 bits per heavy atom. The van der Waals surface area contributed by atoms with Crippen LogP contribution in [0, 0.1) is 0 Å². The molecule has 0 atom stereocenters. The Morgan fingerprint density at radius 3 is 2.82 bits per heavy atom. The molecule has 86 valence electrons. The van der Waals surface area contributed by atoms with E-state index in [1.807, 2.05) is 42.5 Å². The van der Waals surface area contributed by atoms with Crippen LogP contribution < -0.4 is 0 Å². The lowest BCUT2D eigenvalue weighted by atomic mass is 10.1. The van der Waals surface area contributed by atoms with Gasteiger partial charge in [0.15, 0.2) is 0 Å². The summed E-state index contributed by atoms with van der Waals surface area (Å²) < 4.78 is 6.18. The molecule has 0 radical (unpaired) electrons. The molecule has 2 aromatic rings. The van der Waals surface area contributed by atoms with E-state index in [2.05, 4.69) is 15.9 Å². The summed E-state index contributed by atoms with van der Waals surface area (Å²) in [6.07, 6.45) is 4.98. The van der Waals surface area contributed by atoms with E-state index in [-0.39, 0.29) is 0 Å². The molecule has 0 saturated carbocycles. The second kappa shape index (κ2) is 5.64. The highest BCUT2D eigenvalue weighted by atomic mass is 79.9. The highest BCUT2D eigenvalue weighted by Gasteiger charge is 2.01. The molecule has 0 aliphatic heterocycles. The molecule has 0 aliphatic carbocycles. The Bertz CT molecular complexity index is 527. The van der Waals surface area contributed by atoms with E-state index in [0.29, 0.717) is 12.0 Å². The van der Waals surface area contributed by atoms with Crippen LogP contribution in [0.4, 0.5) is 0 Å². The van der Waals surface area contributed by atoms with Gasteiger partial charge < -0.3 is 4.42 Å². The van der Waals surface area contributed by atoms with Gasteiger partial charge in [-0.05, 0) is 29.8 Å². The third-order valence-corrected chi connectivity index (χ3v) is 2.88. The predicted molar refractivity (Wildman–Crippen MR) is 70.6 cm³/mol. The van der Waals surface area contributed by atoms with Gasteiger partial charge in [-0.1, -0.05) is 34.1 Å².